The first-order chi connectivity index (χ1) is 14.3. The molecule has 0 fully saturated rings. The fourth-order valence-corrected chi connectivity index (χ4v) is 2.99. The molecule has 0 saturated heterocycles. The van der Waals surface area contributed by atoms with Crippen LogP contribution in [0.4, 0.5) is 0 Å². The van der Waals surface area contributed by atoms with Crippen LogP contribution in [0.25, 0.3) is 11.3 Å². The summed E-state index contributed by atoms with van der Waals surface area (Å²) in [6.07, 6.45) is 0.924. The number of amides is 1. The van der Waals surface area contributed by atoms with Crippen molar-refractivity contribution in [3.05, 3.63) is 70.9 Å². The lowest BCUT2D eigenvalue weighted by Crippen LogP contribution is -2.19. The van der Waals surface area contributed by atoms with Crippen LogP contribution in [0, 0.1) is 0 Å². The fraction of sp³-hybridized carbons (Fsp3) is 0.182. The maximum absolute atomic E-state index is 12.2. The number of aryl methyl sites for hydroxylation is 2. The monoisotopic (exact) mass is 406 g/mol. The average molecular weight is 406 g/mol. The van der Waals surface area contributed by atoms with Crippen LogP contribution in [0.15, 0.2) is 53.6 Å². The van der Waals surface area contributed by atoms with Crippen LogP contribution in [0.3, 0.4) is 0 Å². The first kappa shape index (κ1) is 20.8. The van der Waals surface area contributed by atoms with Gasteiger partial charge in [0.15, 0.2) is 11.4 Å². The molecule has 3 N–H and O–H groups in total. The largest absolute Gasteiger partial charge is 0.504 e. The normalized spacial score (nSPS) is 11.4. The minimum atomic E-state index is -1.07. The van der Waals surface area contributed by atoms with E-state index in [0.717, 1.165) is 12.0 Å². The van der Waals surface area contributed by atoms with E-state index in [4.69, 9.17) is 5.11 Å². The van der Waals surface area contributed by atoms with Crippen molar-refractivity contribution in [2.75, 3.05) is 0 Å². The Kier molecular flexibility index (Phi) is 5.96. The summed E-state index contributed by atoms with van der Waals surface area (Å²) in [5, 5.41) is 28.0. The molecule has 0 radical (unpaired) electrons. The van der Waals surface area contributed by atoms with E-state index in [1.54, 1.807) is 18.7 Å². The number of hydrogen-bond acceptors (Lipinski definition) is 5. The van der Waals surface area contributed by atoms with Gasteiger partial charge in [-0.25, -0.2) is 10.2 Å². The molecular formula is C22H22N4O4. The van der Waals surface area contributed by atoms with E-state index >= 15 is 0 Å². The van der Waals surface area contributed by atoms with Crippen LogP contribution in [-0.4, -0.2) is 37.6 Å². The average Bonchev–Trinajstić information content (AvgIpc) is 3.05. The molecule has 0 atom stereocenters. The number of aromatic hydroxyl groups is 1. The molecule has 154 valence electrons. The first-order valence-corrected chi connectivity index (χ1v) is 9.35. The number of nitrogens with zero attached hydrogens (tertiary/aromatic N) is 3. The number of carbonyl (C=O) groups excluding carboxylic acids is 1. The lowest BCUT2D eigenvalue weighted by molar-refractivity contribution is 0.0696. The molecule has 0 saturated carbocycles. The molecule has 1 aromatic heterocycles. The van der Waals surface area contributed by atoms with E-state index in [2.05, 4.69) is 22.5 Å². The molecule has 3 rings (SSSR count). The third-order valence-electron chi connectivity index (χ3n) is 4.72. The maximum Gasteiger partial charge on any atom is 0.335 e. The molecule has 1 amide bonds. The molecule has 0 spiro atoms. The number of aromatic nitrogens is 2. The molecule has 8 heteroatoms. The number of carboxylic acid groups (broad SMARTS) is 1. The van der Waals surface area contributed by atoms with Crippen molar-refractivity contribution in [3.8, 4) is 17.0 Å². The van der Waals surface area contributed by atoms with Crippen molar-refractivity contribution in [3.63, 3.8) is 0 Å². The molecule has 0 bridgehead atoms. The van der Waals surface area contributed by atoms with Crippen LogP contribution >= 0.6 is 0 Å². The fourth-order valence-electron chi connectivity index (χ4n) is 2.99. The highest BCUT2D eigenvalue weighted by Gasteiger charge is 2.19. The lowest BCUT2D eigenvalue weighted by atomic mass is 10.1. The van der Waals surface area contributed by atoms with Crippen LogP contribution in [0.1, 0.15) is 45.8 Å². The standard InChI is InChI=1S/C22H22N4O4/c1-4-14-5-7-15(8-6-14)19-20(27)18(25-26(19)3)13(2)23-24-21(28)16-9-11-17(12-10-16)22(29)30/h5-12,27H,4H2,1-3H3,(H,24,28)(H,29,30)/b23-13+. The molecule has 3 aromatic rings. The minimum absolute atomic E-state index is 0.0249. The Morgan fingerprint density at radius 3 is 2.23 bits per heavy atom. The third kappa shape index (κ3) is 4.22. The second kappa shape index (κ2) is 8.60. The molecule has 0 aliphatic heterocycles. The molecule has 0 unspecified atom stereocenters. The summed E-state index contributed by atoms with van der Waals surface area (Å²) in [6.45, 7) is 3.70. The number of rotatable bonds is 6. The molecule has 8 nitrogen and oxygen atoms in total. The SMILES string of the molecule is CCc1ccc(-c2c(O)c(/C(C)=N/NC(=O)c3ccc(C(=O)O)cc3)nn2C)cc1. The van der Waals surface area contributed by atoms with Gasteiger partial charge in [0.05, 0.1) is 11.3 Å². The molecule has 1 heterocycles. The van der Waals surface area contributed by atoms with E-state index in [9.17, 15) is 14.7 Å². The molecule has 30 heavy (non-hydrogen) atoms. The lowest BCUT2D eigenvalue weighted by Gasteiger charge is -2.04. The van der Waals surface area contributed by atoms with Crippen molar-refractivity contribution in [1.82, 2.24) is 15.2 Å². The zero-order chi connectivity index (χ0) is 21.8. The van der Waals surface area contributed by atoms with Crippen molar-refractivity contribution in [2.45, 2.75) is 20.3 Å². The summed E-state index contributed by atoms with van der Waals surface area (Å²) >= 11 is 0. The summed E-state index contributed by atoms with van der Waals surface area (Å²) < 4.78 is 1.57. The predicted octanol–water partition coefficient (Wildman–Crippen LogP) is 3.21. The molecule has 2 aromatic carbocycles. The van der Waals surface area contributed by atoms with Gasteiger partial charge in [0.1, 0.15) is 5.69 Å². The number of nitrogens with one attached hydrogen (secondary N) is 1. The molecule has 0 aliphatic rings. The van der Waals surface area contributed by atoms with Crippen molar-refractivity contribution in [2.24, 2.45) is 12.1 Å². The summed E-state index contributed by atoms with van der Waals surface area (Å²) in [7, 11) is 1.72. The van der Waals surface area contributed by atoms with Gasteiger partial charge in [-0.3, -0.25) is 9.48 Å². The van der Waals surface area contributed by atoms with Crippen LogP contribution < -0.4 is 5.43 Å². The van der Waals surface area contributed by atoms with Gasteiger partial charge in [-0.05, 0) is 43.2 Å². The van der Waals surface area contributed by atoms with Crippen LogP contribution in [-0.2, 0) is 13.5 Å². The third-order valence-corrected chi connectivity index (χ3v) is 4.72. The quantitative estimate of drug-likeness (QED) is 0.429. The van der Waals surface area contributed by atoms with Crippen molar-refractivity contribution < 1.29 is 19.8 Å². The Balaban J connectivity index is 1.80. The summed E-state index contributed by atoms with van der Waals surface area (Å²) in [5.74, 6) is -1.60. The predicted molar refractivity (Wildman–Crippen MR) is 113 cm³/mol. The van der Waals surface area contributed by atoms with E-state index in [-0.39, 0.29) is 22.6 Å². The second-order valence-corrected chi connectivity index (χ2v) is 6.74. The number of carbonyl (C=O) groups is 2. The number of hydrogen-bond donors (Lipinski definition) is 3. The number of benzene rings is 2. The Hall–Kier alpha value is -3.94. The van der Waals surface area contributed by atoms with Gasteiger partial charge >= 0.3 is 5.97 Å². The number of carboxylic acids is 1. The minimum Gasteiger partial charge on any atom is -0.504 e. The van der Waals surface area contributed by atoms with E-state index in [1.807, 2.05) is 24.3 Å². The summed E-state index contributed by atoms with van der Waals surface area (Å²) in [4.78, 5) is 23.1. The van der Waals surface area contributed by atoms with Crippen LogP contribution in [0.2, 0.25) is 0 Å². The van der Waals surface area contributed by atoms with Gasteiger partial charge in [-0.1, -0.05) is 31.2 Å². The van der Waals surface area contributed by atoms with Gasteiger partial charge in [0, 0.05) is 18.2 Å². The maximum atomic E-state index is 12.2. The zero-order valence-corrected chi connectivity index (χ0v) is 16.9. The highest BCUT2D eigenvalue weighted by molar-refractivity contribution is 6.02. The number of hydrazone groups is 1. The Morgan fingerprint density at radius 1 is 1.07 bits per heavy atom. The highest BCUT2D eigenvalue weighted by Crippen LogP contribution is 2.32. The Labute approximate surface area is 173 Å². The second-order valence-electron chi connectivity index (χ2n) is 6.74. The van der Waals surface area contributed by atoms with Crippen molar-refractivity contribution in [1.29, 1.82) is 0 Å². The number of aromatic carboxylic acids is 1. The smallest absolute Gasteiger partial charge is 0.335 e. The summed E-state index contributed by atoms with van der Waals surface area (Å²) in [5.41, 5.74) is 5.90. The Morgan fingerprint density at radius 2 is 1.67 bits per heavy atom. The van der Waals surface area contributed by atoms with E-state index < -0.39 is 11.9 Å². The van der Waals surface area contributed by atoms with Gasteiger partial charge in [0.2, 0.25) is 0 Å². The van der Waals surface area contributed by atoms with E-state index in [1.165, 1.54) is 29.8 Å². The molecule has 0 aliphatic carbocycles. The van der Waals surface area contributed by atoms with Gasteiger partial charge in [0.25, 0.3) is 5.91 Å². The summed E-state index contributed by atoms with van der Waals surface area (Å²) in [6, 6.07) is 13.3. The van der Waals surface area contributed by atoms with Gasteiger partial charge in [-0.15, -0.1) is 0 Å². The van der Waals surface area contributed by atoms with Crippen LogP contribution in [0.5, 0.6) is 5.75 Å². The van der Waals surface area contributed by atoms with Gasteiger partial charge in [-0.2, -0.15) is 10.2 Å². The van der Waals surface area contributed by atoms with E-state index in [0.29, 0.717) is 11.4 Å². The highest BCUT2D eigenvalue weighted by atomic mass is 16.4. The first-order valence-electron chi connectivity index (χ1n) is 9.35. The zero-order valence-electron chi connectivity index (χ0n) is 16.9. The molecular weight excluding hydrogens is 384 g/mol. The van der Waals surface area contributed by atoms with Crippen molar-refractivity contribution >= 4 is 17.6 Å². The van der Waals surface area contributed by atoms with Gasteiger partial charge < -0.3 is 10.2 Å². The Bertz CT molecular complexity index is 1110. The topological polar surface area (TPSA) is 117 Å².